The molecule has 1 heterocycles. The fourth-order valence-electron chi connectivity index (χ4n) is 2.83. The van der Waals surface area contributed by atoms with Gasteiger partial charge in [-0.1, -0.05) is 24.3 Å². The van der Waals surface area contributed by atoms with Gasteiger partial charge in [-0.25, -0.2) is 9.18 Å². The molecule has 0 saturated heterocycles. The van der Waals surface area contributed by atoms with E-state index in [4.69, 9.17) is 0 Å². The topological polar surface area (TPSA) is 113 Å². The number of nitrogens with zero attached hydrogens (tertiary/aromatic N) is 1. The number of carbonyl (C=O) groups excluding carboxylic acids is 2. The third-order valence-corrected chi connectivity index (χ3v) is 4.04. The number of allylic oxidation sites excluding steroid dienone is 1. The molecule has 1 unspecified atom stereocenters. The molecule has 3 N–H and O–H groups in total. The smallest absolute Gasteiger partial charge is 0.319 e. The maximum atomic E-state index is 14.2. The Bertz CT molecular complexity index is 973. The molecule has 3 amide bonds. The minimum Gasteiger partial charge on any atom is -0.327 e. The van der Waals surface area contributed by atoms with E-state index in [1.807, 2.05) is 0 Å². The van der Waals surface area contributed by atoms with Crippen LogP contribution in [0.15, 0.2) is 59.8 Å². The zero-order valence-electron chi connectivity index (χ0n) is 14.2. The average molecular weight is 370 g/mol. The van der Waals surface area contributed by atoms with E-state index in [1.165, 1.54) is 49.4 Å². The highest BCUT2D eigenvalue weighted by Gasteiger charge is 2.32. The SMILES string of the molecule is CC1=C(C(=O)Nc2cccc([N+](=O)[O-])c2)C(c2ccccc2F)NC(=O)N1. The summed E-state index contributed by atoms with van der Waals surface area (Å²) in [4.78, 5) is 34.9. The van der Waals surface area contributed by atoms with Crippen LogP contribution in [0.5, 0.6) is 0 Å². The van der Waals surface area contributed by atoms with Crippen LogP contribution in [0.1, 0.15) is 18.5 Å². The van der Waals surface area contributed by atoms with Crippen molar-refractivity contribution in [1.82, 2.24) is 10.6 Å². The Morgan fingerprint density at radius 3 is 2.67 bits per heavy atom. The van der Waals surface area contributed by atoms with Crippen molar-refractivity contribution >= 4 is 23.3 Å². The number of nitrogens with one attached hydrogen (secondary N) is 3. The van der Waals surface area contributed by atoms with Crippen molar-refractivity contribution in [2.45, 2.75) is 13.0 Å². The van der Waals surface area contributed by atoms with Crippen LogP contribution >= 0.6 is 0 Å². The molecule has 3 rings (SSSR count). The highest BCUT2D eigenvalue weighted by molar-refractivity contribution is 6.06. The number of rotatable bonds is 4. The van der Waals surface area contributed by atoms with Crippen LogP contribution in [0.4, 0.5) is 20.6 Å². The number of halogens is 1. The van der Waals surface area contributed by atoms with E-state index >= 15 is 0 Å². The van der Waals surface area contributed by atoms with Crippen molar-refractivity contribution in [3.05, 3.63) is 81.3 Å². The minimum atomic E-state index is -1.00. The number of benzene rings is 2. The van der Waals surface area contributed by atoms with E-state index in [0.29, 0.717) is 0 Å². The van der Waals surface area contributed by atoms with E-state index in [-0.39, 0.29) is 28.2 Å². The van der Waals surface area contributed by atoms with Gasteiger partial charge in [0.25, 0.3) is 11.6 Å². The number of anilines is 1. The number of hydrogen-bond acceptors (Lipinski definition) is 4. The number of nitro benzene ring substituents is 1. The van der Waals surface area contributed by atoms with Crippen LogP contribution in [0.2, 0.25) is 0 Å². The predicted molar refractivity (Wildman–Crippen MR) is 95.2 cm³/mol. The van der Waals surface area contributed by atoms with Crippen LogP contribution in [-0.2, 0) is 4.79 Å². The van der Waals surface area contributed by atoms with E-state index in [2.05, 4.69) is 16.0 Å². The van der Waals surface area contributed by atoms with Gasteiger partial charge in [0.05, 0.1) is 16.5 Å². The molecule has 0 bridgehead atoms. The van der Waals surface area contributed by atoms with Gasteiger partial charge in [-0.15, -0.1) is 0 Å². The second-order valence-corrected chi connectivity index (χ2v) is 5.85. The second kappa shape index (κ2) is 7.24. The molecule has 8 nitrogen and oxygen atoms in total. The highest BCUT2D eigenvalue weighted by atomic mass is 19.1. The van der Waals surface area contributed by atoms with E-state index < -0.39 is 28.7 Å². The monoisotopic (exact) mass is 370 g/mol. The number of amides is 3. The Labute approximate surface area is 153 Å². The van der Waals surface area contributed by atoms with Gasteiger partial charge in [0.1, 0.15) is 5.82 Å². The van der Waals surface area contributed by atoms with Crippen molar-refractivity contribution in [3.63, 3.8) is 0 Å². The molecule has 0 aliphatic carbocycles. The first-order valence-electron chi connectivity index (χ1n) is 7.95. The number of hydrogen-bond donors (Lipinski definition) is 3. The molecule has 2 aromatic carbocycles. The Hall–Kier alpha value is -3.75. The summed E-state index contributed by atoms with van der Waals surface area (Å²) in [6, 6.07) is 9.67. The normalized spacial score (nSPS) is 16.4. The van der Waals surface area contributed by atoms with E-state index in [0.717, 1.165) is 0 Å². The summed E-state index contributed by atoms with van der Waals surface area (Å²) < 4.78 is 14.2. The van der Waals surface area contributed by atoms with Gasteiger partial charge in [-0.2, -0.15) is 0 Å². The largest absolute Gasteiger partial charge is 0.327 e. The van der Waals surface area contributed by atoms with Crippen LogP contribution < -0.4 is 16.0 Å². The van der Waals surface area contributed by atoms with Crippen molar-refractivity contribution in [2.75, 3.05) is 5.32 Å². The summed E-state index contributed by atoms with van der Waals surface area (Å²) in [6.07, 6.45) is 0. The molecule has 0 aromatic heterocycles. The number of nitro groups is 1. The lowest BCUT2D eigenvalue weighted by molar-refractivity contribution is -0.384. The van der Waals surface area contributed by atoms with Gasteiger partial charge < -0.3 is 16.0 Å². The Morgan fingerprint density at radius 2 is 1.96 bits per heavy atom. The third kappa shape index (κ3) is 3.76. The summed E-state index contributed by atoms with van der Waals surface area (Å²) in [5, 5.41) is 18.5. The van der Waals surface area contributed by atoms with Gasteiger partial charge in [0.15, 0.2) is 0 Å². The summed E-state index contributed by atoms with van der Waals surface area (Å²) >= 11 is 0. The number of urea groups is 1. The zero-order chi connectivity index (χ0) is 19.6. The molecule has 1 aliphatic rings. The van der Waals surface area contributed by atoms with Gasteiger partial charge in [0.2, 0.25) is 0 Å². The minimum absolute atomic E-state index is 0.103. The number of carbonyl (C=O) groups is 2. The molecule has 0 saturated carbocycles. The standard InChI is InChI=1S/C18H15FN4O4/c1-10-15(17(24)21-11-5-4-6-12(9-11)23(26)27)16(22-18(25)20-10)13-7-2-3-8-14(13)19/h2-9,16H,1H3,(H,21,24)(H2,20,22,25). The van der Waals surface area contributed by atoms with E-state index in [1.54, 1.807) is 6.07 Å². The molecular formula is C18H15FN4O4. The Morgan fingerprint density at radius 1 is 1.22 bits per heavy atom. The fraction of sp³-hybridized carbons (Fsp3) is 0.111. The van der Waals surface area contributed by atoms with Crippen molar-refractivity contribution in [1.29, 1.82) is 0 Å². The Kier molecular flexibility index (Phi) is 4.84. The van der Waals surface area contributed by atoms with Gasteiger partial charge in [-0.05, 0) is 19.1 Å². The molecule has 0 fully saturated rings. The maximum Gasteiger partial charge on any atom is 0.319 e. The Balaban J connectivity index is 1.96. The van der Waals surface area contributed by atoms with Crippen LogP contribution in [0.3, 0.4) is 0 Å². The molecule has 1 atom stereocenters. The molecule has 2 aromatic rings. The van der Waals surface area contributed by atoms with Gasteiger partial charge in [0, 0.05) is 29.1 Å². The first-order chi connectivity index (χ1) is 12.9. The summed E-state index contributed by atoms with van der Waals surface area (Å²) in [5.74, 6) is -1.19. The highest BCUT2D eigenvalue weighted by Crippen LogP contribution is 2.29. The quantitative estimate of drug-likeness (QED) is 0.567. The lowest BCUT2D eigenvalue weighted by atomic mass is 9.94. The molecule has 0 spiro atoms. The van der Waals surface area contributed by atoms with Crippen molar-refractivity contribution < 1.29 is 18.9 Å². The van der Waals surface area contributed by atoms with Gasteiger partial charge in [-0.3, -0.25) is 14.9 Å². The average Bonchev–Trinajstić information content (AvgIpc) is 2.61. The summed E-state index contributed by atoms with van der Waals surface area (Å²) in [6.45, 7) is 1.52. The van der Waals surface area contributed by atoms with Gasteiger partial charge >= 0.3 is 6.03 Å². The lowest BCUT2D eigenvalue weighted by Gasteiger charge is -2.28. The van der Waals surface area contributed by atoms with Crippen LogP contribution in [0, 0.1) is 15.9 Å². The third-order valence-electron chi connectivity index (χ3n) is 4.04. The molecule has 138 valence electrons. The zero-order valence-corrected chi connectivity index (χ0v) is 14.2. The summed E-state index contributed by atoms with van der Waals surface area (Å²) in [5.41, 5.74) is 0.523. The van der Waals surface area contributed by atoms with Crippen molar-refractivity contribution in [3.8, 4) is 0 Å². The molecular weight excluding hydrogens is 355 g/mol. The molecule has 1 aliphatic heterocycles. The fourth-order valence-corrected chi connectivity index (χ4v) is 2.83. The summed E-state index contributed by atoms with van der Waals surface area (Å²) in [7, 11) is 0. The van der Waals surface area contributed by atoms with Crippen LogP contribution in [0.25, 0.3) is 0 Å². The predicted octanol–water partition coefficient (Wildman–Crippen LogP) is 3.00. The maximum absolute atomic E-state index is 14.2. The van der Waals surface area contributed by atoms with Crippen LogP contribution in [-0.4, -0.2) is 16.9 Å². The first kappa shape index (κ1) is 18.1. The van der Waals surface area contributed by atoms with Crippen molar-refractivity contribution in [2.24, 2.45) is 0 Å². The first-order valence-corrected chi connectivity index (χ1v) is 7.95. The molecule has 9 heteroatoms. The molecule has 0 radical (unpaired) electrons. The lowest BCUT2D eigenvalue weighted by Crippen LogP contribution is -2.46. The van der Waals surface area contributed by atoms with E-state index in [9.17, 15) is 24.1 Å². The second-order valence-electron chi connectivity index (χ2n) is 5.85. The molecule has 27 heavy (non-hydrogen) atoms. The number of non-ortho nitro benzene ring substituents is 1.